The van der Waals surface area contributed by atoms with E-state index in [1.54, 1.807) is 6.20 Å². The van der Waals surface area contributed by atoms with Gasteiger partial charge in [0.1, 0.15) is 0 Å². The van der Waals surface area contributed by atoms with E-state index >= 15 is 0 Å². The maximum absolute atomic E-state index is 5.28. The van der Waals surface area contributed by atoms with Crippen molar-refractivity contribution in [2.45, 2.75) is 32.1 Å². The van der Waals surface area contributed by atoms with Crippen LogP contribution in [0.2, 0.25) is 0 Å². The quantitative estimate of drug-likeness (QED) is 0.570. The first-order chi connectivity index (χ1) is 4.43. The van der Waals surface area contributed by atoms with Gasteiger partial charge in [-0.1, -0.05) is 25.3 Å². The van der Waals surface area contributed by atoms with Crippen LogP contribution in [0, 0.1) is 5.92 Å². The lowest BCUT2D eigenvalue weighted by atomic mass is 9.89. The minimum Gasteiger partial charge on any atom is -0.405 e. The van der Waals surface area contributed by atoms with E-state index < -0.39 is 0 Å². The predicted molar refractivity (Wildman–Crippen MR) is 39.9 cm³/mol. The third-order valence-corrected chi connectivity index (χ3v) is 2.03. The van der Waals surface area contributed by atoms with Gasteiger partial charge in [-0.2, -0.15) is 0 Å². The zero-order chi connectivity index (χ0) is 6.53. The molecule has 1 heteroatoms. The van der Waals surface area contributed by atoms with Crippen LogP contribution < -0.4 is 5.73 Å². The van der Waals surface area contributed by atoms with Gasteiger partial charge in [-0.25, -0.2) is 0 Å². The summed E-state index contributed by atoms with van der Waals surface area (Å²) in [5.74, 6) is 0.795. The van der Waals surface area contributed by atoms with Crippen LogP contribution in [-0.2, 0) is 0 Å². The van der Waals surface area contributed by atoms with Crippen LogP contribution in [0.1, 0.15) is 32.1 Å². The molecule has 1 rings (SSSR count). The molecule has 0 spiro atoms. The number of rotatable bonds is 1. The largest absolute Gasteiger partial charge is 0.405 e. The summed E-state index contributed by atoms with van der Waals surface area (Å²) in [5.41, 5.74) is 5.28. The average molecular weight is 125 g/mol. The van der Waals surface area contributed by atoms with Gasteiger partial charge in [0.25, 0.3) is 0 Å². The lowest BCUT2D eigenvalue weighted by Crippen LogP contribution is -2.03. The molecule has 0 amide bonds. The molecule has 52 valence electrons. The minimum absolute atomic E-state index is 0.795. The molecule has 1 nitrogen and oxygen atoms in total. The summed E-state index contributed by atoms with van der Waals surface area (Å²) in [6, 6.07) is 0. The topological polar surface area (TPSA) is 26.0 Å². The lowest BCUT2D eigenvalue weighted by Gasteiger charge is -2.16. The highest BCUT2D eigenvalue weighted by atomic mass is 14.5. The molecule has 0 unspecified atom stereocenters. The van der Waals surface area contributed by atoms with Crippen molar-refractivity contribution >= 4 is 0 Å². The highest BCUT2D eigenvalue weighted by Crippen LogP contribution is 2.23. The number of nitrogens with two attached hydrogens (primary N) is 1. The molecule has 0 aromatic heterocycles. The average Bonchev–Trinajstić information content (AvgIpc) is 1.91. The van der Waals surface area contributed by atoms with E-state index in [1.807, 2.05) is 0 Å². The Hall–Kier alpha value is -0.460. The Morgan fingerprint density at radius 1 is 1.11 bits per heavy atom. The minimum atomic E-state index is 0.795. The van der Waals surface area contributed by atoms with Crippen molar-refractivity contribution in [3.8, 4) is 0 Å². The first kappa shape index (κ1) is 6.66. The molecule has 0 aromatic carbocycles. The maximum atomic E-state index is 5.28. The van der Waals surface area contributed by atoms with E-state index in [2.05, 4.69) is 6.08 Å². The fraction of sp³-hybridized carbons (Fsp3) is 0.750. The number of hydrogen-bond donors (Lipinski definition) is 1. The van der Waals surface area contributed by atoms with Crippen molar-refractivity contribution in [1.82, 2.24) is 0 Å². The van der Waals surface area contributed by atoms with Crippen LogP contribution in [0.5, 0.6) is 0 Å². The van der Waals surface area contributed by atoms with Crippen LogP contribution in [0.4, 0.5) is 0 Å². The Bertz CT molecular complexity index is 90.7. The van der Waals surface area contributed by atoms with Gasteiger partial charge in [0.15, 0.2) is 0 Å². The Labute approximate surface area is 56.9 Å². The Morgan fingerprint density at radius 2 is 1.78 bits per heavy atom. The molecule has 9 heavy (non-hydrogen) atoms. The molecular weight excluding hydrogens is 110 g/mol. The zero-order valence-corrected chi connectivity index (χ0v) is 5.84. The first-order valence-corrected chi connectivity index (χ1v) is 3.82. The Morgan fingerprint density at radius 3 is 2.33 bits per heavy atom. The van der Waals surface area contributed by atoms with E-state index in [-0.39, 0.29) is 0 Å². The van der Waals surface area contributed by atoms with Crippen LogP contribution in [0.15, 0.2) is 12.3 Å². The summed E-state index contributed by atoms with van der Waals surface area (Å²) < 4.78 is 0. The highest BCUT2D eigenvalue weighted by Gasteiger charge is 2.08. The summed E-state index contributed by atoms with van der Waals surface area (Å²) in [5, 5.41) is 0. The van der Waals surface area contributed by atoms with E-state index in [0.29, 0.717) is 0 Å². The molecule has 1 aliphatic carbocycles. The van der Waals surface area contributed by atoms with Crippen molar-refractivity contribution in [3.63, 3.8) is 0 Å². The van der Waals surface area contributed by atoms with Crippen LogP contribution in [0.25, 0.3) is 0 Å². The van der Waals surface area contributed by atoms with E-state index in [0.717, 1.165) is 5.92 Å². The SMILES string of the molecule is N/C=C/C1CCCCC1. The molecule has 0 atom stereocenters. The first-order valence-electron chi connectivity index (χ1n) is 3.82. The Balaban J connectivity index is 2.23. The highest BCUT2D eigenvalue weighted by molar-refractivity contribution is 4.86. The summed E-state index contributed by atoms with van der Waals surface area (Å²) in [7, 11) is 0. The monoisotopic (exact) mass is 125 g/mol. The second kappa shape index (κ2) is 3.54. The van der Waals surface area contributed by atoms with Gasteiger partial charge in [-0.15, -0.1) is 0 Å². The molecule has 1 fully saturated rings. The fourth-order valence-corrected chi connectivity index (χ4v) is 1.48. The van der Waals surface area contributed by atoms with Crippen molar-refractivity contribution < 1.29 is 0 Å². The summed E-state index contributed by atoms with van der Waals surface area (Å²) >= 11 is 0. The van der Waals surface area contributed by atoms with Crippen LogP contribution in [0.3, 0.4) is 0 Å². The van der Waals surface area contributed by atoms with Crippen molar-refractivity contribution in [1.29, 1.82) is 0 Å². The maximum Gasteiger partial charge on any atom is -0.0100 e. The molecule has 1 aliphatic rings. The molecule has 0 aromatic rings. The van der Waals surface area contributed by atoms with Crippen molar-refractivity contribution in [2.24, 2.45) is 11.7 Å². The standard InChI is InChI=1S/C8H15N/c9-7-6-8-4-2-1-3-5-8/h6-8H,1-5,9H2/b7-6+. The van der Waals surface area contributed by atoms with E-state index in [4.69, 9.17) is 5.73 Å². The molecule has 0 saturated heterocycles. The van der Waals surface area contributed by atoms with Gasteiger partial charge in [-0.3, -0.25) is 0 Å². The molecule has 0 radical (unpaired) electrons. The van der Waals surface area contributed by atoms with E-state index in [9.17, 15) is 0 Å². The van der Waals surface area contributed by atoms with Crippen LogP contribution >= 0.6 is 0 Å². The van der Waals surface area contributed by atoms with Crippen molar-refractivity contribution in [2.75, 3.05) is 0 Å². The zero-order valence-electron chi connectivity index (χ0n) is 5.84. The normalized spacial score (nSPS) is 23.1. The summed E-state index contributed by atoms with van der Waals surface area (Å²) in [6.07, 6.45) is 10.8. The van der Waals surface area contributed by atoms with Gasteiger partial charge in [0.05, 0.1) is 0 Å². The third kappa shape index (κ3) is 2.08. The number of hydrogen-bond acceptors (Lipinski definition) is 1. The third-order valence-electron chi connectivity index (χ3n) is 2.03. The van der Waals surface area contributed by atoms with Gasteiger partial charge < -0.3 is 5.73 Å². The molecule has 0 aliphatic heterocycles. The second-order valence-electron chi connectivity index (χ2n) is 2.78. The second-order valence-corrected chi connectivity index (χ2v) is 2.78. The molecule has 0 heterocycles. The molecule has 2 N–H and O–H groups in total. The van der Waals surface area contributed by atoms with E-state index in [1.165, 1.54) is 32.1 Å². The molecule has 0 bridgehead atoms. The van der Waals surface area contributed by atoms with Gasteiger partial charge in [0.2, 0.25) is 0 Å². The summed E-state index contributed by atoms with van der Waals surface area (Å²) in [4.78, 5) is 0. The van der Waals surface area contributed by atoms with Gasteiger partial charge in [0, 0.05) is 0 Å². The smallest absolute Gasteiger partial charge is 0.0100 e. The van der Waals surface area contributed by atoms with Crippen LogP contribution in [-0.4, -0.2) is 0 Å². The summed E-state index contributed by atoms with van der Waals surface area (Å²) in [6.45, 7) is 0. The van der Waals surface area contributed by atoms with Crippen molar-refractivity contribution in [3.05, 3.63) is 12.3 Å². The number of allylic oxidation sites excluding steroid dienone is 1. The molecular formula is C8H15N. The Kier molecular flexibility index (Phi) is 2.62. The lowest BCUT2D eigenvalue weighted by molar-refractivity contribution is 0.419. The van der Waals surface area contributed by atoms with Gasteiger partial charge in [-0.05, 0) is 25.0 Å². The molecule has 1 saturated carbocycles. The predicted octanol–water partition coefficient (Wildman–Crippen LogP) is 2.04. The van der Waals surface area contributed by atoms with Gasteiger partial charge >= 0.3 is 0 Å². The fourth-order valence-electron chi connectivity index (χ4n) is 1.48.